The van der Waals surface area contributed by atoms with Crippen LogP contribution in [0.2, 0.25) is 0 Å². The Bertz CT molecular complexity index is 277. The monoisotopic (exact) mass is 254 g/mol. The number of aliphatic hydroxyl groups excluding tert-OH is 1. The normalized spacial score (nSPS) is 32.8. The first-order chi connectivity index (χ1) is 8.72. The molecule has 2 saturated heterocycles. The molecule has 104 valence electrons. The number of nitrogens with zero attached hydrogens (tertiary/aromatic N) is 1. The number of carbonyl (C=O) groups is 1. The first-order valence-electron chi connectivity index (χ1n) is 7.36. The minimum atomic E-state index is 0.0526. The number of nitrogens with one attached hydrogen (secondary N) is 1. The van der Waals surface area contributed by atoms with Crippen LogP contribution in [0.3, 0.4) is 0 Å². The maximum absolute atomic E-state index is 12.2. The summed E-state index contributed by atoms with van der Waals surface area (Å²) >= 11 is 0. The van der Waals surface area contributed by atoms with Crippen LogP contribution in [0, 0.1) is 5.92 Å². The third kappa shape index (κ3) is 3.23. The molecule has 0 aliphatic carbocycles. The second-order valence-electron chi connectivity index (χ2n) is 5.79. The summed E-state index contributed by atoms with van der Waals surface area (Å²) in [5.41, 5.74) is 0. The number of carbonyl (C=O) groups excluding carboxylic acids is 1. The molecule has 0 saturated carbocycles. The van der Waals surface area contributed by atoms with Crippen molar-refractivity contribution >= 4 is 5.91 Å². The Morgan fingerprint density at radius 1 is 1.39 bits per heavy atom. The van der Waals surface area contributed by atoms with E-state index in [1.807, 2.05) is 4.90 Å². The second kappa shape index (κ2) is 6.53. The van der Waals surface area contributed by atoms with Crippen LogP contribution in [0.25, 0.3) is 0 Å². The summed E-state index contributed by atoms with van der Waals surface area (Å²) in [5.74, 6) is 0.664. The highest BCUT2D eigenvalue weighted by Gasteiger charge is 2.33. The Morgan fingerprint density at radius 2 is 2.22 bits per heavy atom. The van der Waals surface area contributed by atoms with Crippen LogP contribution in [0.5, 0.6) is 0 Å². The van der Waals surface area contributed by atoms with Gasteiger partial charge in [0, 0.05) is 19.0 Å². The van der Waals surface area contributed by atoms with Gasteiger partial charge < -0.3 is 15.3 Å². The van der Waals surface area contributed by atoms with Crippen LogP contribution in [-0.4, -0.2) is 47.7 Å². The molecule has 2 aliphatic heterocycles. The Balaban J connectivity index is 1.77. The second-order valence-corrected chi connectivity index (χ2v) is 5.79. The van der Waals surface area contributed by atoms with Gasteiger partial charge in [0.2, 0.25) is 5.91 Å². The van der Waals surface area contributed by atoms with E-state index >= 15 is 0 Å². The molecule has 2 fully saturated rings. The highest BCUT2D eigenvalue weighted by Crippen LogP contribution is 2.24. The van der Waals surface area contributed by atoms with E-state index < -0.39 is 0 Å². The zero-order valence-electron chi connectivity index (χ0n) is 11.4. The van der Waals surface area contributed by atoms with Crippen molar-refractivity contribution < 1.29 is 9.90 Å². The van der Waals surface area contributed by atoms with Crippen LogP contribution >= 0.6 is 0 Å². The Kier molecular flexibility index (Phi) is 5.01. The molecule has 0 aromatic heterocycles. The zero-order valence-corrected chi connectivity index (χ0v) is 11.4. The maximum atomic E-state index is 12.2. The SMILES string of the molecule is CC1CCN(C(=O)CCC2CCCCN2)C1CO. The molecule has 3 unspecified atom stereocenters. The summed E-state index contributed by atoms with van der Waals surface area (Å²) in [6, 6.07) is 0.576. The van der Waals surface area contributed by atoms with Crippen LogP contribution in [-0.2, 0) is 4.79 Å². The predicted octanol–water partition coefficient (Wildman–Crippen LogP) is 1.14. The van der Waals surface area contributed by atoms with Gasteiger partial charge in [0.15, 0.2) is 0 Å². The number of rotatable bonds is 4. The molecule has 0 aromatic carbocycles. The minimum Gasteiger partial charge on any atom is -0.394 e. The largest absolute Gasteiger partial charge is 0.394 e. The lowest BCUT2D eigenvalue weighted by molar-refractivity contribution is -0.133. The van der Waals surface area contributed by atoms with E-state index in [0.29, 0.717) is 18.4 Å². The summed E-state index contributed by atoms with van der Waals surface area (Å²) < 4.78 is 0. The smallest absolute Gasteiger partial charge is 0.222 e. The molecule has 0 spiro atoms. The molecule has 0 radical (unpaired) electrons. The lowest BCUT2D eigenvalue weighted by Crippen LogP contribution is -2.41. The first kappa shape index (κ1) is 13.8. The number of piperidine rings is 1. The van der Waals surface area contributed by atoms with Crippen LogP contribution < -0.4 is 5.32 Å². The van der Waals surface area contributed by atoms with Crippen molar-refractivity contribution in [3.63, 3.8) is 0 Å². The van der Waals surface area contributed by atoms with Gasteiger partial charge in [-0.2, -0.15) is 0 Å². The van der Waals surface area contributed by atoms with Gasteiger partial charge in [-0.05, 0) is 38.1 Å². The first-order valence-corrected chi connectivity index (χ1v) is 7.36. The number of amides is 1. The molecule has 0 aromatic rings. The zero-order chi connectivity index (χ0) is 13.0. The molecular weight excluding hydrogens is 228 g/mol. The molecular formula is C14H26N2O2. The predicted molar refractivity (Wildman–Crippen MR) is 71.2 cm³/mol. The molecule has 4 heteroatoms. The van der Waals surface area contributed by atoms with E-state index in [1.54, 1.807) is 0 Å². The van der Waals surface area contributed by atoms with E-state index in [4.69, 9.17) is 0 Å². The van der Waals surface area contributed by atoms with E-state index in [1.165, 1.54) is 19.3 Å². The molecule has 1 amide bonds. The molecule has 2 N–H and O–H groups in total. The topological polar surface area (TPSA) is 52.6 Å². The molecule has 4 nitrogen and oxygen atoms in total. The van der Waals surface area contributed by atoms with E-state index in [2.05, 4.69) is 12.2 Å². The van der Waals surface area contributed by atoms with Gasteiger partial charge in [-0.3, -0.25) is 4.79 Å². The summed E-state index contributed by atoms with van der Waals surface area (Å²) in [4.78, 5) is 14.1. The highest BCUT2D eigenvalue weighted by molar-refractivity contribution is 5.77. The molecule has 2 aliphatic rings. The average Bonchev–Trinajstić information content (AvgIpc) is 2.78. The van der Waals surface area contributed by atoms with Crippen molar-refractivity contribution in [1.82, 2.24) is 10.2 Å². The third-order valence-corrected chi connectivity index (χ3v) is 4.51. The molecule has 2 heterocycles. The van der Waals surface area contributed by atoms with E-state index in [9.17, 15) is 9.90 Å². The van der Waals surface area contributed by atoms with Gasteiger partial charge in [0.05, 0.1) is 12.6 Å². The van der Waals surface area contributed by atoms with Crippen molar-refractivity contribution in [2.45, 2.75) is 57.5 Å². The minimum absolute atomic E-state index is 0.0526. The summed E-state index contributed by atoms with van der Waals surface area (Å²) in [7, 11) is 0. The van der Waals surface area contributed by atoms with Crippen molar-refractivity contribution in [1.29, 1.82) is 0 Å². The van der Waals surface area contributed by atoms with Gasteiger partial charge in [-0.1, -0.05) is 13.3 Å². The average molecular weight is 254 g/mol. The Hall–Kier alpha value is -0.610. The van der Waals surface area contributed by atoms with Gasteiger partial charge in [0.1, 0.15) is 0 Å². The summed E-state index contributed by atoms with van der Waals surface area (Å²) in [5, 5.41) is 12.8. The third-order valence-electron chi connectivity index (χ3n) is 4.51. The van der Waals surface area contributed by atoms with E-state index in [0.717, 1.165) is 25.9 Å². The van der Waals surface area contributed by atoms with Gasteiger partial charge in [0.25, 0.3) is 0 Å². The Labute approximate surface area is 110 Å². The number of hydrogen-bond donors (Lipinski definition) is 2. The maximum Gasteiger partial charge on any atom is 0.222 e. The fourth-order valence-corrected chi connectivity index (χ4v) is 3.21. The van der Waals surface area contributed by atoms with Crippen molar-refractivity contribution in [2.75, 3.05) is 19.7 Å². The Morgan fingerprint density at radius 3 is 2.89 bits per heavy atom. The number of aliphatic hydroxyl groups is 1. The molecule has 0 bridgehead atoms. The van der Waals surface area contributed by atoms with Crippen molar-refractivity contribution in [2.24, 2.45) is 5.92 Å². The lowest BCUT2D eigenvalue weighted by Gasteiger charge is -2.27. The van der Waals surface area contributed by atoms with Gasteiger partial charge >= 0.3 is 0 Å². The molecule has 3 atom stereocenters. The fourth-order valence-electron chi connectivity index (χ4n) is 3.21. The molecule has 18 heavy (non-hydrogen) atoms. The van der Waals surface area contributed by atoms with Gasteiger partial charge in [-0.25, -0.2) is 0 Å². The number of likely N-dealkylation sites (tertiary alicyclic amines) is 1. The summed E-state index contributed by atoms with van der Waals surface area (Å²) in [6.07, 6.45) is 6.35. The molecule has 2 rings (SSSR count). The highest BCUT2D eigenvalue weighted by atomic mass is 16.3. The fraction of sp³-hybridized carbons (Fsp3) is 0.929. The van der Waals surface area contributed by atoms with Gasteiger partial charge in [-0.15, -0.1) is 0 Å². The van der Waals surface area contributed by atoms with E-state index in [-0.39, 0.29) is 18.6 Å². The van der Waals surface area contributed by atoms with Crippen LogP contribution in [0.1, 0.15) is 45.4 Å². The lowest BCUT2D eigenvalue weighted by atomic mass is 10.00. The van der Waals surface area contributed by atoms with Crippen molar-refractivity contribution in [3.05, 3.63) is 0 Å². The standard InChI is InChI=1S/C14H26N2O2/c1-11-7-9-16(13(11)10-17)14(18)6-5-12-4-2-3-8-15-12/h11-13,15,17H,2-10H2,1H3. The van der Waals surface area contributed by atoms with Crippen molar-refractivity contribution in [3.8, 4) is 0 Å². The van der Waals surface area contributed by atoms with Crippen LogP contribution in [0.4, 0.5) is 0 Å². The number of hydrogen-bond acceptors (Lipinski definition) is 3. The quantitative estimate of drug-likeness (QED) is 0.791. The van der Waals surface area contributed by atoms with Crippen LogP contribution in [0.15, 0.2) is 0 Å². The summed E-state index contributed by atoms with van der Waals surface area (Å²) in [6.45, 7) is 4.15.